The number of nitrogens with zero attached hydrogens (tertiary/aromatic N) is 1. The SMILES string of the molecule is NS(=O)(=O)c1ccc(CCN=Cc2ccc(-c3ccc(SC(F)F)cc3)o2)cc1. The number of benzene rings is 2. The van der Waals surface area contributed by atoms with Crippen LogP contribution in [0.5, 0.6) is 0 Å². The molecule has 3 rings (SSSR count). The second-order valence-corrected chi connectivity index (χ2v) is 8.70. The molecule has 0 aliphatic rings. The number of primary sulfonamides is 1. The molecule has 0 saturated carbocycles. The van der Waals surface area contributed by atoms with Crippen molar-refractivity contribution in [2.24, 2.45) is 10.1 Å². The van der Waals surface area contributed by atoms with Crippen LogP contribution in [0.15, 0.2) is 79.9 Å². The number of sulfonamides is 1. The molecule has 152 valence electrons. The maximum absolute atomic E-state index is 12.4. The van der Waals surface area contributed by atoms with Crippen LogP contribution in [0.1, 0.15) is 11.3 Å². The van der Waals surface area contributed by atoms with Crippen molar-refractivity contribution in [3.05, 3.63) is 72.0 Å². The molecule has 0 aliphatic heterocycles. The first kappa shape index (κ1) is 21.2. The quantitative estimate of drug-likeness (QED) is 0.414. The van der Waals surface area contributed by atoms with Crippen molar-refractivity contribution < 1.29 is 21.6 Å². The Balaban J connectivity index is 1.55. The molecular weight excluding hydrogens is 418 g/mol. The molecule has 0 atom stereocenters. The Morgan fingerprint density at radius 1 is 1.03 bits per heavy atom. The lowest BCUT2D eigenvalue weighted by Crippen LogP contribution is -2.11. The molecule has 0 radical (unpaired) electrons. The van der Waals surface area contributed by atoms with E-state index in [4.69, 9.17) is 9.56 Å². The number of halogens is 2. The van der Waals surface area contributed by atoms with Gasteiger partial charge in [-0.25, -0.2) is 13.6 Å². The van der Waals surface area contributed by atoms with Crippen molar-refractivity contribution in [2.45, 2.75) is 22.0 Å². The van der Waals surface area contributed by atoms with Crippen LogP contribution in [0.25, 0.3) is 11.3 Å². The second kappa shape index (κ2) is 9.34. The summed E-state index contributed by atoms with van der Waals surface area (Å²) in [5.74, 6) is -1.24. The van der Waals surface area contributed by atoms with E-state index in [1.165, 1.54) is 12.1 Å². The third kappa shape index (κ3) is 6.25. The number of thioether (sulfide) groups is 1. The highest BCUT2D eigenvalue weighted by atomic mass is 32.2. The minimum absolute atomic E-state index is 0.0775. The fraction of sp³-hybridized carbons (Fsp3) is 0.150. The van der Waals surface area contributed by atoms with Crippen molar-refractivity contribution in [1.82, 2.24) is 0 Å². The zero-order valence-electron chi connectivity index (χ0n) is 15.2. The largest absolute Gasteiger partial charge is 0.455 e. The Hall–Kier alpha value is -2.49. The minimum atomic E-state index is -3.69. The first-order valence-corrected chi connectivity index (χ1v) is 11.0. The van der Waals surface area contributed by atoms with Gasteiger partial charge < -0.3 is 4.42 Å². The summed E-state index contributed by atoms with van der Waals surface area (Å²) >= 11 is 0.500. The molecule has 9 heteroatoms. The van der Waals surface area contributed by atoms with Gasteiger partial charge in [-0.1, -0.05) is 36.0 Å². The van der Waals surface area contributed by atoms with Crippen molar-refractivity contribution in [3.63, 3.8) is 0 Å². The summed E-state index contributed by atoms with van der Waals surface area (Å²) in [4.78, 5) is 4.89. The lowest BCUT2D eigenvalue weighted by atomic mass is 10.1. The number of hydrogen-bond donors (Lipinski definition) is 1. The highest BCUT2D eigenvalue weighted by molar-refractivity contribution is 7.99. The summed E-state index contributed by atoms with van der Waals surface area (Å²) in [6.45, 7) is 0.504. The van der Waals surface area contributed by atoms with Crippen LogP contribution in [0.2, 0.25) is 0 Å². The average Bonchev–Trinajstić information content (AvgIpc) is 3.14. The highest BCUT2D eigenvalue weighted by Crippen LogP contribution is 2.28. The van der Waals surface area contributed by atoms with Gasteiger partial charge in [0.25, 0.3) is 5.76 Å². The zero-order chi connectivity index (χ0) is 20.9. The minimum Gasteiger partial charge on any atom is -0.455 e. The molecule has 0 aliphatic carbocycles. The zero-order valence-corrected chi connectivity index (χ0v) is 16.8. The van der Waals surface area contributed by atoms with Crippen LogP contribution in [-0.4, -0.2) is 26.9 Å². The fourth-order valence-electron chi connectivity index (χ4n) is 2.57. The Labute approximate surface area is 171 Å². The predicted octanol–water partition coefficient (Wildman–Crippen LogP) is 4.57. The molecule has 0 fully saturated rings. The van der Waals surface area contributed by atoms with E-state index >= 15 is 0 Å². The van der Waals surface area contributed by atoms with E-state index in [9.17, 15) is 17.2 Å². The van der Waals surface area contributed by atoms with Crippen LogP contribution in [0.3, 0.4) is 0 Å². The molecule has 0 spiro atoms. The van der Waals surface area contributed by atoms with Gasteiger partial charge in [0.2, 0.25) is 10.0 Å². The third-order valence-electron chi connectivity index (χ3n) is 3.99. The Kier molecular flexibility index (Phi) is 6.83. The summed E-state index contributed by atoms with van der Waals surface area (Å²) in [6, 6.07) is 16.6. The summed E-state index contributed by atoms with van der Waals surface area (Å²) in [5.41, 5.74) is 1.73. The summed E-state index contributed by atoms with van der Waals surface area (Å²) in [5, 5.41) is 5.07. The van der Waals surface area contributed by atoms with Crippen molar-refractivity contribution in [1.29, 1.82) is 0 Å². The number of rotatable bonds is 8. The topological polar surface area (TPSA) is 85.7 Å². The number of hydrogen-bond acceptors (Lipinski definition) is 5. The van der Waals surface area contributed by atoms with Gasteiger partial charge in [-0.2, -0.15) is 8.78 Å². The van der Waals surface area contributed by atoms with Crippen molar-refractivity contribution >= 4 is 28.0 Å². The summed E-state index contributed by atoms with van der Waals surface area (Å²) in [7, 11) is -3.69. The fourth-order valence-corrected chi connectivity index (χ4v) is 3.59. The van der Waals surface area contributed by atoms with Gasteiger partial charge >= 0.3 is 0 Å². The lowest BCUT2D eigenvalue weighted by Gasteiger charge is -2.01. The third-order valence-corrected chi connectivity index (χ3v) is 5.64. The van der Waals surface area contributed by atoms with Crippen molar-refractivity contribution in [3.8, 4) is 11.3 Å². The van der Waals surface area contributed by atoms with Crippen LogP contribution in [-0.2, 0) is 16.4 Å². The molecular formula is C20H18F2N2O3S2. The normalized spacial score (nSPS) is 12.1. The molecule has 3 aromatic rings. The van der Waals surface area contributed by atoms with E-state index in [0.717, 1.165) is 11.1 Å². The van der Waals surface area contributed by atoms with Crippen molar-refractivity contribution in [2.75, 3.05) is 6.54 Å². The Morgan fingerprint density at radius 3 is 2.34 bits per heavy atom. The molecule has 5 nitrogen and oxygen atoms in total. The van der Waals surface area contributed by atoms with Gasteiger partial charge in [-0.15, -0.1) is 0 Å². The smallest absolute Gasteiger partial charge is 0.288 e. The van der Waals surface area contributed by atoms with Gasteiger partial charge in [-0.05, 0) is 48.4 Å². The molecule has 0 bridgehead atoms. The molecule has 1 heterocycles. The van der Waals surface area contributed by atoms with E-state index in [1.807, 2.05) is 0 Å². The average molecular weight is 437 g/mol. The van der Waals surface area contributed by atoms with Crippen LogP contribution in [0.4, 0.5) is 8.78 Å². The monoisotopic (exact) mass is 436 g/mol. The summed E-state index contributed by atoms with van der Waals surface area (Å²) < 4.78 is 52.9. The predicted molar refractivity (Wildman–Crippen MR) is 110 cm³/mol. The second-order valence-electron chi connectivity index (χ2n) is 6.08. The van der Waals surface area contributed by atoms with Gasteiger partial charge in [0, 0.05) is 17.0 Å². The van der Waals surface area contributed by atoms with Gasteiger partial charge in [0.1, 0.15) is 11.5 Å². The van der Waals surface area contributed by atoms with E-state index in [2.05, 4.69) is 4.99 Å². The van der Waals surface area contributed by atoms with E-state index in [0.29, 0.717) is 41.1 Å². The number of aliphatic imine (C=N–C) groups is 1. The van der Waals surface area contributed by atoms with Crippen LogP contribution >= 0.6 is 11.8 Å². The maximum atomic E-state index is 12.4. The van der Waals surface area contributed by atoms with Crippen LogP contribution in [0, 0.1) is 0 Å². The lowest BCUT2D eigenvalue weighted by molar-refractivity contribution is 0.252. The molecule has 1 aromatic heterocycles. The molecule has 0 saturated heterocycles. The molecule has 2 aromatic carbocycles. The Morgan fingerprint density at radius 2 is 1.72 bits per heavy atom. The summed E-state index contributed by atoms with van der Waals surface area (Å²) in [6.07, 6.45) is 2.25. The van der Waals surface area contributed by atoms with Gasteiger partial charge in [-0.3, -0.25) is 4.99 Å². The number of alkyl halides is 2. The number of furan rings is 1. The first-order valence-electron chi connectivity index (χ1n) is 8.58. The highest BCUT2D eigenvalue weighted by Gasteiger charge is 2.08. The van der Waals surface area contributed by atoms with E-state index in [1.54, 1.807) is 54.7 Å². The van der Waals surface area contributed by atoms with Crippen LogP contribution < -0.4 is 5.14 Å². The molecule has 29 heavy (non-hydrogen) atoms. The maximum Gasteiger partial charge on any atom is 0.288 e. The standard InChI is InChI=1S/C20H18F2N2O3S2/c21-20(22)28-17-6-3-15(4-7-17)19-10-5-16(27-19)13-24-12-11-14-1-8-18(9-2-14)29(23,25)26/h1-10,13,20H,11-12H2,(H2,23,25,26). The van der Waals surface area contributed by atoms with Gasteiger partial charge in [0.15, 0.2) is 0 Å². The Bertz CT molecular complexity index is 1080. The number of nitrogens with two attached hydrogens (primary N) is 1. The van der Waals surface area contributed by atoms with Gasteiger partial charge in [0.05, 0.1) is 11.1 Å². The molecule has 2 N–H and O–H groups in total. The van der Waals surface area contributed by atoms with E-state index < -0.39 is 15.8 Å². The molecule has 0 amide bonds. The first-order chi connectivity index (χ1) is 13.8. The van der Waals surface area contributed by atoms with E-state index in [-0.39, 0.29) is 4.90 Å². The molecule has 0 unspecified atom stereocenters.